The molecule has 1 heterocycles. The molecule has 0 bridgehead atoms. The van der Waals surface area contributed by atoms with Crippen molar-refractivity contribution in [3.63, 3.8) is 0 Å². The zero-order chi connectivity index (χ0) is 12.7. The van der Waals surface area contributed by atoms with Gasteiger partial charge in [-0.2, -0.15) is 0 Å². The van der Waals surface area contributed by atoms with E-state index < -0.39 is 0 Å². The summed E-state index contributed by atoms with van der Waals surface area (Å²) in [5.74, 6) is -0.208. The third-order valence-electron chi connectivity index (χ3n) is 1.87. The van der Waals surface area contributed by atoms with Gasteiger partial charge in [-0.25, -0.2) is 9.98 Å². The first-order valence-electron chi connectivity index (χ1n) is 5.01. The number of carbonyl (C=O) groups is 1. The van der Waals surface area contributed by atoms with Gasteiger partial charge in [0, 0.05) is 26.8 Å². The normalized spacial score (nSPS) is 11.0. The highest BCUT2D eigenvalue weighted by molar-refractivity contribution is 8.00. The number of nitrogens with zero attached hydrogens (tertiary/aromatic N) is 2. The van der Waals surface area contributed by atoms with Gasteiger partial charge in [0.25, 0.3) is 5.91 Å². The number of aromatic nitrogens is 1. The molecule has 1 aromatic heterocycles. The Hall–Kier alpha value is -0.920. The molecule has 0 atom stereocenters. The molecular formula is C10H15N3O2S2. The fourth-order valence-electron chi connectivity index (χ4n) is 1.05. The molecule has 1 amide bonds. The van der Waals surface area contributed by atoms with Gasteiger partial charge in [-0.1, -0.05) is 23.1 Å². The van der Waals surface area contributed by atoms with Crippen molar-refractivity contribution in [2.24, 2.45) is 4.99 Å². The number of hydrogen-bond acceptors (Lipinski definition) is 6. The molecule has 0 fully saturated rings. The number of thioether (sulfide) groups is 1. The summed E-state index contributed by atoms with van der Waals surface area (Å²) in [5, 5.41) is 3.20. The second-order valence-corrected chi connectivity index (χ2v) is 5.04. The highest BCUT2D eigenvalue weighted by Gasteiger charge is 2.15. The number of amides is 1. The number of thiazole rings is 1. The summed E-state index contributed by atoms with van der Waals surface area (Å²) in [4.78, 5) is 20.1. The minimum atomic E-state index is -0.208. The lowest BCUT2D eigenvalue weighted by Gasteiger charge is -1.95. The number of aliphatic imine (C=N–C) groups is 1. The molecule has 0 unspecified atom stereocenters. The lowest BCUT2D eigenvalue weighted by Crippen LogP contribution is -2.18. The van der Waals surface area contributed by atoms with Crippen LogP contribution in [0.1, 0.15) is 16.9 Å². The van der Waals surface area contributed by atoms with Crippen LogP contribution in [0.2, 0.25) is 0 Å². The van der Waals surface area contributed by atoms with Gasteiger partial charge in [0.1, 0.15) is 5.00 Å². The molecule has 0 radical (unpaired) electrons. The fraction of sp³-hybridized carbons (Fsp3) is 0.500. The zero-order valence-electron chi connectivity index (χ0n) is 10.0. The molecular weight excluding hydrogens is 258 g/mol. The Kier molecular flexibility index (Phi) is 6.17. The molecule has 94 valence electrons. The Morgan fingerprint density at radius 2 is 2.47 bits per heavy atom. The van der Waals surface area contributed by atoms with E-state index in [-0.39, 0.29) is 5.91 Å². The molecule has 17 heavy (non-hydrogen) atoms. The van der Waals surface area contributed by atoms with E-state index >= 15 is 0 Å². The summed E-state index contributed by atoms with van der Waals surface area (Å²) in [6, 6.07) is 0. The molecule has 0 aliphatic heterocycles. The van der Waals surface area contributed by atoms with E-state index in [2.05, 4.69) is 15.3 Å². The van der Waals surface area contributed by atoms with E-state index in [0.29, 0.717) is 17.3 Å². The summed E-state index contributed by atoms with van der Waals surface area (Å²) < 4.78 is 5.75. The van der Waals surface area contributed by atoms with E-state index in [1.54, 1.807) is 20.4 Å². The molecule has 5 nitrogen and oxygen atoms in total. The summed E-state index contributed by atoms with van der Waals surface area (Å²) in [5.41, 5.74) is 0.385. The summed E-state index contributed by atoms with van der Waals surface area (Å²) in [7, 11) is 3.22. The van der Waals surface area contributed by atoms with Crippen LogP contribution < -0.4 is 5.32 Å². The second kappa shape index (κ2) is 7.41. The fourth-order valence-corrected chi connectivity index (χ4v) is 2.47. The van der Waals surface area contributed by atoms with Crippen LogP contribution >= 0.6 is 23.1 Å². The lowest BCUT2D eigenvalue weighted by molar-refractivity contribution is 0.0959. The Morgan fingerprint density at radius 3 is 3.06 bits per heavy atom. The number of nitrogens with one attached hydrogen (secondary N) is 1. The standard InChI is InChI=1S/C10H15N3O2S2/c1-11-8(14)7-9(12-5-4-6-15-2)17-10(13-7)16-3/h5H,4,6H2,1-3H3,(H,11,14)/b12-5+. The van der Waals surface area contributed by atoms with Crippen molar-refractivity contribution in [2.75, 3.05) is 27.0 Å². The van der Waals surface area contributed by atoms with Crippen LogP contribution in [0.3, 0.4) is 0 Å². The zero-order valence-corrected chi connectivity index (χ0v) is 11.7. The predicted molar refractivity (Wildman–Crippen MR) is 71.9 cm³/mol. The molecule has 1 rings (SSSR count). The summed E-state index contributed by atoms with van der Waals surface area (Å²) >= 11 is 2.92. The Balaban J connectivity index is 2.84. The molecule has 0 saturated carbocycles. The van der Waals surface area contributed by atoms with E-state index in [9.17, 15) is 4.79 Å². The maximum absolute atomic E-state index is 11.6. The average molecular weight is 273 g/mol. The van der Waals surface area contributed by atoms with Crippen LogP contribution in [0.5, 0.6) is 0 Å². The van der Waals surface area contributed by atoms with Crippen LogP contribution in [0, 0.1) is 0 Å². The lowest BCUT2D eigenvalue weighted by atomic mass is 10.4. The van der Waals surface area contributed by atoms with Crippen LogP contribution in [0.15, 0.2) is 9.33 Å². The van der Waals surface area contributed by atoms with Crippen LogP contribution in [0.4, 0.5) is 5.00 Å². The van der Waals surface area contributed by atoms with E-state index in [0.717, 1.165) is 10.8 Å². The molecule has 7 heteroatoms. The van der Waals surface area contributed by atoms with Crippen molar-refractivity contribution in [1.82, 2.24) is 10.3 Å². The molecule has 0 spiro atoms. The van der Waals surface area contributed by atoms with Gasteiger partial charge >= 0.3 is 0 Å². The quantitative estimate of drug-likeness (QED) is 0.489. The summed E-state index contributed by atoms with van der Waals surface area (Å²) in [6.45, 7) is 0.618. The molecule has 0 aliphatic carbocycles. The van der Waals surface area contributed by atoms with E-state index in [1.807, 2.05) is 6.26 Å². The van der Waals surface area contributed by atoms with Gasteiger partial charge in [0.05, 0.1) is 6.61 Å². The first-order valence-corrected chi connectivity index (χ1v) is 7.05. The van der Waals surface area contributed by atoms with Crippen molar-refractivity contribution in [3.05, 3.63) is 5.69 Å². The van der Waals surface area contributed by atoms with Crippen molar-refractivity contribution in [2.45, 2.75) is 10.8 Å². The highest BCUT2D eigenvalue weighted by Crippen LogP contribution is 2.32. The van der Waals surface area contributed by atoms with Gasteiger partial charge in [-0.05, 0) is 6.26 Å². The maximum Gasteiger partial charge on any atom is 0.272 e. The molecule has 0 saturated heterocycles. The smallest absolute Gasteiger partial charge is 0.272 e. The number of ether oxygens (including phenoxy) is 1. The van der Waals surface area contributed by atoms with Crippen molar-refractivity contribution < 1.29 is 9.53 Å². The largest absolute Gasteiger partial charge is 0.384 e. The van der Waals surface area contributed by atoms with Crippen LogP contribution in [0.25, 0.3) is 0 Å². The third kappa shape index (κ3) is 4.10. The molecule has 0 aliphatic rings. The van der Waals surface area contributed by atoms with Gasteiger partial charge in [-0.15, -0.1) is 0 Å². The SMILES string of the molecule is CNC(=O)c1nc(SC)sc1/N=C/CCOC. The number of methoxy groups -OCH3 is 1. The number of carbonyl (C=O) groups excluding carboxylic acids is 1. The minimum Gasteiger partial charge on any atom is -0.384 e. The Bertz CT molecular complexity index is 404. The van der Waals surface area contributed by atoms with Crippen LogP contribution in [-0.4, -0.2) is 44.1 Å². The van der Waals surface area contributed by atoms with Crippen LogP contribution in [-0.2, 0) is 4.74 Å². The van der Waals surface area contributed by atoms with Crippen molar-refractivity contribution in [3.8, 4) is 0 Å². The third-order valence-corrected chi connectivity index (χ3v) is 3.81. The monoisotopic (exact) mass is 273 g/mol. The minimum absolute atomic E-state index is 0.208. The van der Waals surface area contributed by atoms with Crippen molar-refractivity contribution >= 4 is 40.2 Å². The van der Waals surface area contributed by atoms with Gasteiger partial charge < -0.3 is 10.1 Å². The van der Waals surface area contributed by atoms with Gasteiger partial charge in [-0.3, -0.25) is 4.79 Å². The van der Waals surface area contributed by atoms with E-state index in [4.69, 9.17) is 4.74 Å². The molecule has 1 N–H and O–H groups in total. The topological polar surface area (TPSA) is 63.6 Å². The highest BCUT2D eigenvalue weighted by atomic mass is 32.2. The molecule has 0 aromatic carbocycles. The molecule has 1 aromatic rings. The summed E-state index contributed by atoms with van der Waals surface area (Å²) in [6.07, 6.45) is 4.38. The van der Waals surface area contributed by atoms with Gasteiger partial charge in [0.15, 0.2) is 10.0 Å². The maximum atomic E-state index is 11.6. The average Bonchev–Trinajstić information content (AvgIpc) is 2.77. The first-order chi connectivity index (χ1) is 8.22. The van der Waals surface area contributed by atoms with Crippen molar-refractivity contribution in [1.29, 1.82) is 0 Å². The second-order valence-electron chi connectivity index (χ2n) is 3.01. The number of rotatable bonds is 6. The number of hydrogen-bond donors (Lipinski definition) is 1. The first kappa shape index (κ1) is 14.1. The van der Waals surface area contributed by atoms with Gasteiger partial charge in [0.2, 0.25) is 0 Å². The Labute approximate surface area is 109 Å². The Morgan fingerprint density at radius 1 is 1.71 bits per heavy atom. The predicted octanol–water partition coefficient (Wildman–Crippen LogP) is 1.96. The van der Waals surface area contributed by atoms with E-state index in [1.165, 1.54) is 23.1 Å².